The standard InChI is InChI=1S/C28H32F3N7O2/c1-36-16-21-13-20(36)17-38(21)19-5-6-24(22(14-19)18-3-4-18)34-27-33-15-23(28(29,30)31)26(35-27)32-8-2-9-37-10-12-40-11-7-25(37)39/h5-7,10-12,14-15,18,20-21H,2-4,8-9,13,16-17H2,1H3,(H2,32,33,34,35)/t20-,21-/m1/s1. The van der Waals surface area contributed by atoms with E-state index in [1.54, 1.807) is 0 Å². The first-order valence-corrected chi connectivity index (χ1v) is 13.6. The van der Waals surface area contributed by atoms with Gasteiger partial charge in [0.05, 0.1) is 6.26 Å². The van der Waals surface area contributed by atoms with Gasteiger partial charge in [-0.15, -0.1) is 0 Å². The van der Waals surface area contributed by atoms with Crippen molar-refractivity contribution in [2.75, 3.05) is 48.8 Å². The van der Waals surface area contributed by atoms with Gasteiger partial charge in [-0.25, -0.2) is 4.98 Å². The van der Waals surface area contributed by atoms with Crippen LogP contribution in [-0.4, -0.2) is 71.0 Å². The normalized spacial score (nSPS) is 22.6. The van der Waals surface area contributed by atoms with Gasteiger partial charge < -0.3 is 25.2 Å². The first kappa shape index (κ1) is 26.4. The molecule has 2 saturated heterocycles. The molecule has 2 N–H and O–H groups in total. The van der Waals surface area contributed by atoms with E-state index >= 15 is 0 Å². The van der Waals surface area contributed by atoms with E-state index in [1.165, 1.54) is 41.8 Å². The molecule has 1 aliphatic carbocycles. The second-order valence-electron chi connectivity index (χ2n) is 10.8. The van der Waals surface area contributed by atoms with Crippen LogP contribution in [-0.2, 0) is 15.7 Å². The van der Waals surface area contributed by atoms with Crippen LogP contribution in [0.2, 0.25) is 0 Å². The van der Waals surface area contributed by atoms with E-state index in [9.17, 15) is 18.0 Å². The highest BCUT2D eigenvalue weighted by molar-refractivity contribution is 5.88. The highest BCUT2D eigenvalue weighted by Crippen LogP contribution is 2.46. The number of halogens is 3. The number of fused-ring (bicyclic) bond motifs is 2. The first-order valence-electron chi connectivity index (χ1n) is 13.6. The van der Waals surface area contributed by atoms with Gasteiger partial charge in [0.2, 0.25) is 5.95 Å². The van der Waals surface area contributed by atoms with E-state index in [0.29, 0.717) is 31.0 Å². The second kappa shape index (κ2) is 10.6. The van der Waals surface area contributed by atoms with Crippen molar-refractivity contribution in [3.63, 3.8) is 0 Å². The van der Waals surface area contributed by atoms with E-state index in [4.69, 9.17) is 4.74 Å². The van der Waals surface area contributed by atoms with Crippen LogP contribution in [0.5, 0.6) is 0 Å². The molecular formula is C28H32F3N7O2. The van der Waals surface area contributed by atoms with Crippen LogP contribution in [0.25, 0.3) is 0 Å². The summed E-state index contributed by atoms with van der Waals surface area (Å²) in [5.41, 5.74) is 2.23. The number of alkyl halides is 3. The third-order valence-electron chi connectivity index (χ3n) is 8.00. The van der Waals surface area contributed by atoms with Gasteiger partial charge in [0.15, 0.2) is 0 Å². The number of likely N-dealkylation sites (N-methyl/N-ethyl adjacent to an activating group) is 1. The summed E-state index contributed by atoms with van der Waals surface area (Å²) in [6.07, 6.45) is 5.37. The van der Waals surface area contributed by atoms with Crippen molar-refractivity contribution in [2.24, 2.45) is 0 Å². The number of hydrogen-bond donors (Lipinski definition) is 2. The Morgan fingerprint density at radius 2 is 2.00 bits per heavy atom. The monoisotopic (exact) mass is 555 g/mol. The number of carbonyl (C=O) groups is 1. The Hall–Kier alpha value is -3.80. The molecule has 1 aromatic heterocycles. The minimum absolute atomic E-state index is 0.0971. The molecule has 4 heterocycles. The zero-order valence-electron chi connectivity index (χ0n) is 22.2. The summed E-state index contributed by atoms with van der Waals surface area (Å²) in [6, 6.07) is 7.41. The van der Waals surface area contributed by atoms with Gasteiger partial charge in [-0.3, -0.25) is 9.69 Å². The predicted octanol–water partition coefficient (Wildman–Crippen LogP) is 4.65. The second-order valence-corrected chi connectivity index (χ2v) is 10.8. The minimum Gasteiger partial charge on any atom is -0.471 e. The Kier molecular flexibility index (Phi) is 7.03. The molecule has 1 aromatic carbocycles. The van der Waals surface area contributed by atoms with Crippen molar-refractivity contribution in [1.29, 1.82) is 0 Å². The van der Waals surface area contributed by atoms with Crippen molar-refractivity contribution < 1.29 is 22.7 Å². The number of ether oxygens (including phenoxy) is 1. The Morgan fingerprint density at radius 1 is 1.15 bits per heavy atom. The molecule has 3 fully saturated rings. The molecule has 0 unspecified atom stereocenters. The highest BCUT2D eigenvalue weighted by Gasteiger charge is 2.42. The largest absolute Gasteiger partial charge is 0.471 e. The third-order valence-corrected chi connectivity index (χ3v) is 8.00. The van der Waals surface area contributed by atoms with Gasteiger partial charge in [0.25, 0.3) is 5.91 Å². The number of benzene rings is 1. The number of carbonyl (C=O) groups excluding carboxylic acids is 1. The third kappa shape index (κ3) is 5.58. The minimum atomic E-state index is -4.61. The average molecular weight is 556 g/mol. The van der Waals surface area contributed by atoms with Gasteiger partial charge in [0.1, 0.15) is 17.6 Å². The number of nitrogens with zero attached hydrogens (tertiary/aromatic N) is 5. The van der Waals surface area contributed by atoms with Gasteiger partial charge in [-0.05, 0) is 62.4 Å². The number of rotatable bonds is 9. The SMILES string of the molecule is CN1C[C@H]2C[C@@H]1CN2c1ccc(Nc2ncc(C(F)(F)F)c(NCCCN3C=COC=CC3=O)n2)c(C2CC2)c1. The molecule has 12 heteroatoms. The molecule has 1 saturated carbocycles. The fourth-order valence-electron chi connectivity index (χ4n) is 5.72. The Morgan fingerprint density at radius 3 is 2.73 bits per heavy atom. The molecule has 9 nitrogen and oxygen atoms in total. The lowest BCUT2D eigenvalue weighted by Gasteiger charge is -2.34. The zero-order valence-corrected chi connectivity index (χ0v) is 22.2. The average Bonchev–Trinajstić information content (AvgIpc) is 3.64. The van der Waals surface area contributed by atoms with Gasteiger partial charge >= 0.3 is 6.18 Å². The topological polar surface area (TPSA) is 85.9 Å². The van der Waals surface area contributed by atoms with Crippen molar-refractivity contribution in [2.45, 2.75) is 49.9 Å². The first-order chi connectivity index (χ1) is 19.3. The number of aromatic nitrogens is 2. The maximum absolute atomic E-state index is 13.7. The summed E-state index contributed by atoms with van der Waals surface area (Å²) in [4.78, 5) is 26.6. The lowest BCUT2D eigenvalue weighted by molar-refractivity contribution is -0.137. The molecule has 2 bridgehead atoms. The molecule has 0 spiro atoms. The lowest BCUT2D eigenvalue weighted by Crippen LogP contribution is -2.44. The van der Waals surface area contributed by atoms with Gasteiger partial charge in [-0.1, -0.05) is 0 Å². The summed E-state index contributed by atoms with van der Waals surface area (Å²) >= 11 is 0. The molecule has 1 amide bonds. The molecule has 3 aliphatic heterocycles. The summed E-state index contributed by atoms with van der Waals surface area (Å²) in [5, 5.41) is 5.98. The van der Waals surface area contributed by atoms with Gasteiger partial charge in [0, 0.05) is 68.1 Å². The van der Waals surface area contributed by atoms with Crippen molar-refractivity contribution in [3.8, 4) is 0 Å². The van der Waals surface area contributed by atoms with Crippen LogP contribution in [0.4, 0.5) is 36.3 Å². The van der Waals surface area contributed by atoms with E-state index in [1.807, 2.05) is 6.07 Å². The fourth-order valence-corrected chi connectivity index (χ4v) is 5.72. The van der Waals surface area contributed by atoms with E-state index < -0.39 is 11.7 Å². The number of anilines is 4. The number of hydrogen-bond acceptors (Lipinski definition) is 8. The highest BCUT2D eigenvalue weighted by atomic mass is 19.4. The van der Waals surface area contributed by atoms with Crippen LogP contribution in [0.3, 0.4) is 0 Å². The maximum atomic E-state index is 13.7. The van der Waals surface area contributed by atoms with Crippen LogP contribution >= 0.6 is 0 Å². The van der Waals surface area contributed by atoms with Crippen LogP contribution in [0.1, 0.15) is 42.7 Å². The Labute approximate surface area is 230 Å². The Bertz CT molecular complexity index is 1330. The molecule has 0 radical (unpaired) electrons. The summed E-state index contributed by atoms with van der Waals surface area (Å²) in [5.74, 6) is -0.0408. The number of nitrogens with one attached hydrogen (secondary N) is 2. The fraction of sp³-hybridized carbons (Fsp3) is 0.464. The quantitative estimate of drug-likeness (QED) is 0.433. The van der Waals surface area contributed by atoms with E-state index in [0.717, 1.165) is 43.4 Å². The zero-order chi connectivity index (χ0) is 27.9. The Balaban J connectivity index is 1.16. The van der Waals surface area contributed by atoms with Crippen LogP contribution in [0.15, 0.2) is 49.2 Å². The summed E-state index contributed by atoms with van der Waals surface area (Å²) < 4.78 is 46.2. The molecule has 40 heavy (non-hydrogen) atoms. The lowest BCUT2D eigenvalue weighted by atomic mass is 10.1. The molecule has 4 aliphatic rings. The van der Waals surface area contributed by atoms with E-state index in [-0.39, 0.29) is 24.2 Å². The van der Waals surface area contributed by atoms with Crippen molar-refractivity contribution in [3.05, 3.63) is 60.3 Å². The molecular weight excluding hydrogens is 523 g/mol. The smallest absolute Gasteiger partial charge is 0.421 e. The number of likely N-dealkylation sites (tertiary alicyclic amines) is 1. The van der Waals surface area contributed by atoms with Crippen molar-refractivity contribution >= 4 is 29.0 Å². The van der Waals surface area contributed by atoms with Crippen molar-refractivity contribution in [1.82, 2.24) is 19.8 Å². The van der Waals surface area contributed by atoms with Crippen LogP contribution in [0, 0.1) is 0 Å². The molecule has 212 valence electrons. The molecule has 2 aromatic rings. The van der Waals surface area contributed by atoms with Gasteiger partial charge in [-0.2, -0.15) is 18.2 Å². The summed E-state index contributed by atoms with van der Waals surface area (Å²) in [7, 11) is 2.18. The summed E-state index contributed by atoms with van der Waals surface area (Å²) in [6.45, 7) is 2.56. The van der Waals surface area contributed by atoms with E-state index in [2.05, 4.69) is 49.6 Å². The van der Waals surface area contributed by atoms with Crippen LogP contribution < -0.4 is 15.5 Å². The molecule has 2 atom stereocenters. The molecule has 6 rings (SSSR count). The number of amides is 1. The maximum Gasteiger partial charge on any atom is 0.421 e. The number of piperazine rings is 1. The predicted molar refractivity (Wildman–Crippen MR) is 145 cm³/mol.